The van der Waals surface area contributed by atoms with Gasteiger partial charge in [-0.05, 0) is 67.5 Å². The SMILES string of the molecule is COc1ccc(CCNC(=O)CSc2nc(=O)n(Cc3ccncc3)c3c2CCCC3)cc1OC. The number of ether oxygens (including phenoxy) is 2. The predicted molar refractivity (Wildman–Crippen MR) is 135 cm³/mol. The Morgan fingerprint density at radius 1 is 1.06 bits per heavy atom. The second-order valence-corrected chi connectivity index (χ2v) is 9.32. The van der Waals surface area contributed by atoms with Crippen molar-refractivity contribution < 1.29 is 14.3 Å². The Kier molecular flexibility index (Phi) is 8.41. The van der Waals surface area contributed by atoms with Gasteiger partial charge < -0.3 is 14.8 Å². The third-order valence-electron chi connectivity index (χ3n) is 6.06. The highest BCUT2D eigenvalue weighted by atomic mass is 32.2. The summed E-state index contributed by atoms with van der Waals surface area (Å²) >= 11 is 1.35. The Morgan fingerprint density at radius 3 is 2.60 bits per heavy atom. The quantitative estimate of drug-likeness (QED) is 0.342. The van der Waals surface area contributed by atoms with Crippen molar-refractivity contribution in [1.29, 1.82) is 0 Å². The standard InChI is InChI=1S/C26H30N4O4S/c1-33-22-8-7-18(15-23(22)34-2)11-14-28-24(31)17-35-25-20-5-3-4-6-21(20)30(26(32)29-25)16-19-9-12-27-13-10-19/h7-10,12-13,15H,3-6,11,14,16-17H2,1-2H3,(H,28,31). The molecule has 0 saturated heterocycles. The van der Waals surface area contributed by atoms with Crippen LogP contribution in [-0.2, 0) is 30.6 Å². The number of methoxy groups -OCH3 is 2. The fourth-order valence-electron chi connectivity index (χ4n) is 4.27. The molecule has 8 nitrogen and oxygen atoms in total. The molecule has 4 rings (SSSR count). The molecule has 1 aromatic carbocycles. The second-order valence-electron chi connectivity index (χ2n) is 8.35. The molecular weight excluding hydrogens is 464 g/mol. The Balaban J connectivity index is 1.37. The number of carbonyl (C=O) groups excluding carboxylic acids is 1. The zero-order valence-corrected chi connectivity index (χ0v) is 20.9. The van der Waals surface area contributed by atoms with Crippen molar-refractivity contribution in [3.05, 3.63) is 75.6 Å². The van der Waals surface area contributed by atoms with Gasteiger partial charge in [-0.2, -0.15) is 4.98 Å². The highest BCUT2D eigenvalue weighted by Crippen LogP contribution is 2.29. The molecule has 0 unspecified atom stereocenters. The van der Waals surface area contributed by atoms with Gasteiger partial charge in [0.25, 0.3) is 0 Å². The van der Waals surface area contributed by atoms with E-state index in [1.807, 2.05) is 30.3 Å². The molecule has 2 aromatic heterocycles. The Morgan fingerprint density at radius 2 is 1.83 bits per heavy atom. The Labute approximate surface area is 209 Å². The van der Waals surface area contributed by atoms with Crippen LogP contribution < -0.4 is 20.5 Å². The lowest BCUT2D eigenvalue weighted by Gasteiger charge is -2.22. The maximum Gasteiger partial charge on any atom is 0.349 e. The Bertz CT molecular complexity index is 1230. The van der Waals surface area contributed by atoms with Crippen LogP contribution in [0, 0.1) is 0 Å². The first-order chi connectivity index (χ1) is 17.1. The van der Waals surface area contributed by atoms with Crippen LogP contribution in [0.5, 0.6) is 11.5 Å². The van der Waals surface area contributed by atoms with Crippen molar-refractivity contribution >= 4 is 17.7 Å². The number of benzene rings is 1. The largest absolute Gasteiger partial charge is 0.493 e. The molecule has 1 N–H and O–H groups in total. The second kappa shape index (κ2) is 11.9. The van der Waals surface area contributed by atoms with Gasteiger partial charge in [-0.1, -0.05) is 17.8 Å². The monoisotopic (exact) mass is 494 g/mol. The molecule has 0 spiro atoms. The summed E-state index contributed by atoms with van der Waals surface area (Å²) in [5, 5.41) is 3.64. The number of aromatic nitrogens is 3. The van der Waals surface area contributed by atoms with Crippen LogP contribution >= 0.6 is 11.8 Å². The first-order valence-electron chi connectivity index (χ1n) is 11.7. The normalized spacial score (nSPS) is 12.6. The number of nitrogens with one attached hydrogen (secondary N) is 1. The number of fused-ring (bicyclic) bond motifs is 1. The Hall–Kier alpha value is -3.33. The summed E-state index contributed by atoms with van der Waals surface area (Å²) in [5.74, 6) is 1.48. The van der Waals surface area contributed by atoms with Gasteiger partial charge in [0, 0.05) is 30.2 Å². The number of carbonyl (C=O) groups is 1. The highest BCUT2D eigenvalue weighted by Gasteiger charge is 2.21. The van der Waals surface area contributed by atoms with E-state index in [1.54, 1.807) is 31.2 Å². The van der Waals surface area contributed by atoms with Crippen LogP contribution in [0.3, 0.4) is 0 Å². The molecule has 0 fully saturated rings. The maximum absolute atomic E-state index is 12.9. The van der Waals surface area contributed by atoms with E-state index in [0.29, 0.717) is 36.0 Å². The van der Waals surface area contributed by atoms with Crippen LogP contribution in [0.4, 0.5) is 0 Å². The third-order valence-corrected chi connectivity index (χ3v) is 7.08. The maximum atomic E-state index is 12.9. The molecule has 0 atom stereocenters. The molecule has 0 aliphatic heterocycles. The molecule has 1 aliphatic rings. The molecule has 184 valence electrons. The van der Waals surface area contributed by atoms with Crippen LogP contribution in [0.2, 0.25) is 0 Å². The molecule has 35 heavy (non-hydrogen) atoms. The predicted octanol–water partition coefficient (Wildman–Crippen LogP) is 3.03. The molecule has 2 heterocycles. The van der Waals surface area contributed by atoms with Gasteiger partial charge in [0.1, 0.15) is 5.03 Å². The molecule has 1 aliphatic carbocycles. The smallest absolute Gasteiger partial charge is 0.349 e. The molecule has 0 bridgehead atoms. The number of amides is 1. The lowest BCUT2D eigenvalue weighted by atomic mass is 9.97. The molecule has 1 amide bonds. The number of nitrogens with zero attached hydrogens (tertiary/aromatic N) is 3. The van der Waals surface area contributed by atoms with E-state index in [4.69, 9.17) is 9.47 Å². The van der Waals surface area contributed by atoms with Crippen molar-refractivity contribution in [3.63, 3.8) is 0 Å². The topological polar surface area (TPSA) is 95.3 Å². The van der Waals surface area contributed by atoms with Crippen molar-refractivity contribution in [2.75, 3.05) is 26.5 Å². The van der Waals surface area contributed by atoms with Crippen LogP contribution in [0.25, 0.3) is 0 Å². The van der Waals surface area contributed by atoms with Crippen molar-refractivity contribution in [2.24, 2.45) is 0 Å². The van der Waals surface area contributed by atoms with Crippen molar-refractivity contribution in [3.8, 4) is 11.5 Å². The molecular formula is C26H30N4O4S. The lowest BCUT2D eigenvalue weighted by molar-refractivity contribution is -0.118. The summed E-state index contributed by atoms with van der Waals surface area (Å²) in [6.07, 6.45) is 7.98. The average Bonchev–Trinajstić information content (AvgIpc) is 2.89. The van der Waals surface area contributed by atoms with Gasteiger partial charge in [0.2, 0.25) is 5.91 Å². The van der Waals surface area contributed by atoms with E-state index >= 15 is 0 Å². The highest BCUT2D eigenvalue weighted by molar-refractivity contribution is 7.99. The van der Waals surface area contributed by atoms with E-state index in [2.05, 4.69) is 15.3 Å². The molecule has 3 aromatic rings. The minimum absolute atomic E-state index is 0.0807. The first kappa shape index (κ1) is 24.8. The summed E-state index contributed by atoms with van der Waals surface area (Å²) in [7, 11) is 3.20. The van der Waals surface area contributed by atoms with E-state index in [-0.39, 0.29) is 17.3 Å². The first-order valence-corrected chi connectivity index (χ1v) is 12.7. The fourth-order valence-corrected chi connectivity index (χ4v) is 5.17. The summed E-state index contributed by atoms with van der Waals surface area (Å²) < 4.78 is 12.4. The van der Waals surface area contributed by atoms with Crippen LogP contribution in [0.15, 0.2) is 52.5 Å². The summed E-state index contributed by atoms with van der Waals surface area (Å²) in [5.41, 5.74) is 3.95. The number of thioether (sulfide) groups is 1. The van der Waals surface area contributed by atoms with Crippen molar-refractivity contribution in [1.82, 2.24) is 19.9 Å². The lowest BCUT2D eigenvalue weighted by Crippen LogP contribution is -2.31. The average molecular weight is 495 g/mol. The third kappa shape index (κ3) is 6.22. The van der Waals surface area contributed by atoms with E-state index < -0.39 is 0 Å². The minimum Gasteiger partial charge on any atom is -0.493 e. The number of hydrogen-bond donors (Lipinski definition) is 1. The minimum atomic E-state index is -0.265. The van der Waals surface area contributed by atoms with E-state index in [9.17, 15) is 9.59 Å². The van der Waals surface area contributed by atoms with Gasteiger partial charge in [0.15, 0.2) is 11.5 Å². The zero-order chi connectivity index (χ0) is 24.6. The summed E-state index contributed by atoms with van der Waals surface area (Å²) in [6, 6.07) is 9.56. The number of rotatable bonds is 10. The number of hydrogen-bond acceptors (Lipinski definition) is 7. The van der Waals surface area contributed by atoms with E-state index in [0.717, 1.165) is 48.1 Å². The van der Waals surface area contributed by atoms with Crippen LogP contribution in [-0.4, -0.2) is 47.0 Å². The summed E-state index contributed by atoms with van der Waals surface area (Å²) in [4.78, 5) is 33.8. The zero-order valence-electron chi connectivity index (χ0n) is 20.1. The number of pyridine rings is 1. The van der Waals surface area contributed by atoms with Crippen molar-refractivity contribution in [2.45, 2.75) is 43.7 Å². The fraction of sp³-hybridized carbons (Fsp3) is 0.385. The molecule has 0 radical (unpaired) electrons. The summed E-state index contributed by atoms with van der Waals surface area (Å²) in [6.45, 7) is 0.992. The van der Waals surface area contributed by atoms with Gasteiger partial charge in [-0.3, -0.25) is 14.3 Å². The van der Waals surface area contributed by atoms with Gasteiger partial charge in [0.05, 0.1) is 26.5 Å². The van der Waals surface area contributed by atoms with Gasteiger partial charge in [-0.25, -0.2) is 4.79 Å². The van der Waals surface area contributed by atoms with Gasteiger partial charge >= 0.3 is 5.69 Å². The van der Waals surface area contributed by atoms with Crippen LogP contribution in [0.1, 0.15) is 35.2 Å². The van der Waals surface area contributed by atoms with E-state index in [1.165, 1.54) is 11.8 Å². The van der Waals surface area contributed by atoms with Gasteiger partial charge in [-0.15, -0.1) is 0 Å². The molecule has 9 heteroatoms. The molecule has 0 saturated carbocycles.